The number of aromatic nitrogens is 2. The molecule has 3 nitrogen and oxygen atoms in total. The summed E-state index contributed by atoms with van der Waals surface area (Å²) in [4.78, 5) is 8.99. The Morgan fingerprint density at radius 1 is 1.22 bits per heavy atom. The quantitative estimate of drug-likeness (QED) is 0.874. The van der Waals surface area contributed by atoms with E-state index in [4.69, 9.17) is 0 Å². The third kappa shape index (κ3) is 1.96. The van der Waals surface area contributed by atoms with Crippen molar-refractivity contribution in [1.29, 1.82) is 0 Å². The van der Waals surface area contributed by atoms with E-state index in [1.54, 1.807) is 0 Å². The fraction of sp³-hybridized carbons (Fsp3) is 0.333. The van der Waals surface area contributed by atoms with Gasteiger partial charge in [0.2, 0.25) is 0 Å². The predicted molar refractivity (Wildman–Crippen MR) is 72.6 cm³/mol. The Hall–Kier alpha value is -1.90. The van der Waals surface area contributed by atoms with Crippen molar-refractivity contribution in [2.24, 2.45) is 0 Å². The maximum atomic E-state index is 4.50. The van der Waals surface area contributed by atoms with Crippen molar-refractivity contribution in [3.63, 3.8) is 0 Å². The first kappa shape index (κ1) is 11.2. The van der Waals surface area contributed by atoms with Crippen molar-refractivity contribution in [3.8, 4) is 0 Å². The average Bonchev–Trinajstić information content (AvgIpc) is 2.76. The van der Waals surface area contributed by atoms with Gasteiger partial charge in [-0.1, -0.05) is 6.07 Å². The van der Waals surface area contributed by atoms with Crippen molar-refractivity contribution in [3.05, 3.63) is 53.1 Å². The van der Waals surface area contributed by atoms with Gasteiger partial charge in [0.15, 0.2) is 0 Å². The molecule has 18 heavy (non-hydrogen) atoms. The van der Waals surface area contributed by atoms with Crippen LogP contribution in [0, 0.1) is 13.8 Å². The van der Waals surface area contributed by atoms with E-state index in [1.807, 2.05) is 32.2 Å². The van der Waals surface area contributed by atoms with E-state index in [-0.39, 0.29) is 0 Å². The zero-order valence-electron chi connectivity index (χ0n) is 10.8. The standard InChI is InChI=1S/C15H17N3/c1-10-5-7-13(11(2)17-10)18-14-8-6-12-4-3-9-16-15(12)14/h3-5,7,9,14,18H,6,8H2,1-2H3. The summed E-state index contributed by atoms with van der Waals surface area (Å²) in [6, 6.07) is 8.66. The van der Waals surface area contributed by atoms with Crippen LogP contribution >= 0.6 is 0 Å². The van der Waals surface area contributed by atoms with Crippen LogP contribution in [0.5, 0.6) is 0 Å². The second-order valence-electron chi connectivity index (χ2n) is 4.87. The van der Waals surface area contributed by atoms with Gasteiger partial charge >= 0.3 is 0 Å². The molecule has 0 aliphatic heterocycles. The maximum Gasteiger partial charge on any atom is 0.0691 e. The first-order valence-electron chi connectivity index (χ1n) is 6.38. The molecule has 3 rings (SSSR count). The van der Waals surface area contributed by atoms with E-state index >= 15 is 0 Å². The smallest absolute Gasteiger partial charge is 0.0691 e. The largest absolute Gasteiger partial charge is 0.375 e. The van der Waals surface area contributed by atoms with E-state index in [1.165, 1.54) is 11.3 Å². The number of pyridine rings is 2. The Balaban J connectivity index is 1.86. The molecule has 1 atom stereocenters. The Labute approximate surface area is 107 Å². The maximum absolute atomic E-state index is 4.50. The highest BCUT2D eigenvalue weighted by Crippen LogP contribution is 2.32. The molecule has 3 heteroatoms. The van der Waals surface area contributed by atoms with Gasteiger partial charge in [-0.2, -0.15) is 0 Å². The first-order valence-corrected chi connectivity index (χ1v) is 6.38. The first-order chi connectivity index (χ1) is 8.74. The van der Waals surface area contributed by atoms with E-state index in [0.717, 1.165) is 29.9 Å². The van der Waals surface area contributed by atoms with Crippen LogP contribution in [0.2, 0.25) is 0 Å². The third-order valence-electron chi connectivity index (χ3n) is 3.51. The Morgan fingerprint density at radius 2 is 2.11 bits per heavy atom. The van der Waals surface area contributed by atoms with Crippen LogP contribution in [0.4, 0.5) is 5.69 Å². The van der Waals surface area contributed by atoms with Crippen molar-refractivity contribution in [1.82, 2.24) is 9.97 Å². The van der Waals surface area contributed by atoms with E-state index < -0.39 is 0 Å². The van der Waals surface area contributed by atoms with Crippen LogP contribution in [-0.4, -0.2) is 9.97 Å². The average molecular weight is 239 g/mol. The van der Waals surface area contributed by atoms with Crippen LogP contribution in [0.25, 0.3) is 0 Å². The number of hydrogen-bond acceptors (Lipinski definition) is 3. The molecule has 0 radical (unpaired) electrons. The third-order valence-corrected chi connectivity index (χ3v) is 3.51. The fourth-order valence-electron chi connectivity index (χ4n) is 2.58. The van der Waals surface area contributed by atoms with Gasteiger partial charge in [-0.3, -0.25) is 9.97 Å². The lowest BCUT2D eigenvalue weighted by molar-refractivity contribution is 0.744. The molecule has 0 saturated heterocycles. The molecule has 0 saturated carbocycles. The minimum atomic E-state index is 0.324. The van der Waals surface area contributed by atoms with Crippen molar-refractivity contribution < 1.29 is 0 Å². The Morgan fingerprint density at radius 3 is 2.94 bits per heavy atom. The molecule has 1 aliphatic carbocycles. The molecule has 0 fully saturated rings. The molecule has 0 aromatic carbocycles. The second kappa shape index (κ2) is 4.41. The summed E-state index contributed by atoms with van der Waals surface area (Å²) in [7, 11) is 0. The molecule has 1 aliphatic rings. The summed E-state index contributed by atoms with van der Waals surface area (Å²) in [6.07, 6.45) is 4.10. The van der Waals surface area contributed by atoms with Crippen molar-refractivity contribution >= 4 is 5.69 Å². The molecule has 2 heterocycles. The number of anilines is 1. The predicted octanol–water partition coefficient (Wildman–Crippen LogP) is 3.19. The lowest BCUT2D eigenvalue weighted by atomic mass is 10.2. The van der Waals surface area contributed by atoms with Gasteiger partial charge in [0.05, 0.1) is 23.1 Å². The van der Waals surface area contributed by atoms with Gasteiger partial charge in [0.25, 0.3) is 0 Å². The molecule has 0 spiro atoms. The highest BCUT2D eigenvalue weighted by Gasteiger charge is 2.23. The van der Waals surface area contributed by atoms with Crippen LogP contribution in [0.15, 0.2) is 30.5 Å². The molecule has 2 aromatic rings. The van der Waals surface area contributed by atoms with Gasteiger partial charge in [0, 0.05) is 11.9 Å². The monoisotopic (exact) mass is 239 g/mol. The highest BCUT2D eigenvalue weighted by atomic mass is 15.0. The minimum Gasteiger partial charge on any atom is -0.375 e. The number of rotatable bonds is 2. The van der Waals surface area contributed by atoms with E-state index in [9.17, 15) is 0 Å². The van der Waals surface area contributed by atoms with Crippen molar-refractivity contribution in [2.75, 3.05) is 5.32 Å². The normalized spacial score (nSPS) is 17.6. The lowest BCUT2D eigenvalue weighted by Crippen LogP contribution is -2.10. The number of nitrogens with one attached hydrogen (secondary N) is 1. The number of aryl methyl sites for hydroxylation is 3. The molecular formula is C15H17N3. The zero-order chi connectivity index (χ0) is 12.5. The Kier molecular flexibility index (Phi) is 2.74. The van der Waals surface area contributed by atoms with Crippen LogP contribution in [0.1, 0.15) is 35.1 Å². The fourth-order valence-corrected chi connectivity index (χ4v) is 2.58. The molecule has 1 N–H and O–H groups in total. The number of hydrogen-bond donors (Lipinski definition) is 1. The summed E-state index contributed by atoms with van der Waals surface area (Å²) in [5.74, 6) is 0. The summed E-state index contributed by atoms with van der Waals surface area (Å²) in [6.45, 7) is 4.06. The van der Waals surface area contributed by atoms with E-state index in [2.05, 4.69) is 27.4 Å². The molecule has 0 amide bonds. The van der Waals surface area contributed by atoms with Gasteiger partial charge in [-0.15, -0.1) is 0 Å². The van der Waals surface area contributed by atoms with Gasteiger partial charge in [-0.25, -0.2) is 0 Å². The molecule has 0 bridgehead atoms. The summed E-state index contributed by atoms with van der Waals surface area (Å²) in [5.41, 5.74) is 5.79. The molecule has 92 valence electrons. The number of fused-ring (bicyclic) bond motifs is 1. The van der Waals surface area contributed by atoms with Crippen LogP contribution in [-0.2, 0) is 6.42 Å². The van der Waals surface area contributed by atoms with E-state index in [0.29, 0.717) is 6.04 Å². The minimum absolute atomic E-state index is 0.324. The number of nitrogens with zero attached hydrogens (tertiary/aromatic N) is 2. The summed E-state index contributed by atoms with van der Waals surface area (Å²) >= 11 is 0. The zero-order valence-corrected chi connectivity index (χ0v) is 10.8. The summed E-state index contributed by atoms with van der Waals surface area (Å²) < 4.78 is 0. The second-order valence-corrected chi connectivity index (χ2v) is 4.87. The molecule has 1 unspecified atom stereocenters. The van der Waals surface area contributed by atoms with Crippen molar-refractivity contribution in [2.45, 2.75) is 32.7 Å². The van der Waals surface area contributed by atoms with Crippen LogP contribution in [0.3, 0.4) is 0 Å². The van der Waals surface area contributed by atoms with Gasteiger partial charge < -0.3 is 5.32 Å². The Bertz CT molecular complexity index is 578. The van der Waals surface area contributed by atoms with Gasteiger partial charge in [0.1, 0.15) is 0 Å². The molecule has 2 aromatic heterocycles. The SMILES string of the molecule is Cc1ccc(NC2CCc3cccnc32)c(C)n1. The lowest BCUT2D eigenvalue weighted by Gasteiger charge is -2.16. The topological polar surface area (TPSA) is 37.8 Å². The highest BCUT2D eigenvalue weighted by molar-refractivity contribution is 5.50. The van der Waals surface area contributed by atoms with Crippen LogP contribution < -0.4 is 5.32 Å². The van der Waals surface area contributed by atoms with Gasteiger partial charge in [-0.05, 0) is 50.5 Å². The molecular weight excluding hydrogens is 222 g/mol. The summed E-state index contributed by atoms with van der Waals surface area (Å²) in [5, 5.41) is 3.57.